The maximum atomic E-state index is 12.2. The van der Waals surface area contributed by atoms with Crippen LogP contribution in [0.1, 0.15) is 29.6 Å². The summed E-state index contributed by atoms with van der Waals surface area (Å²) in [5.74, 6) is 0.730. The molecular formula is C18H25ClN2O3. The van der Waals surface area contributed by atoms with Crippen LogP contribution < -0.4 is 15.4 Å². The molecule has 132 valence electrons. The van der Waals surface area contributed by atoms with Gasteiger partial charge in [0, 0.05) is 25.3 Å². The average Bonchev–Trinajstić information content (AvgIpc) is 3.13. The van der Waals surface area contributed by atoms with Gasteiger partial charge in [-0.05, 0) is 50.1 Å². The van der Waals surface area contributed by atoms with Crippen LogP contribution in [0.4, 0.5) is 0 Å². The number of amides is 1. The normalized spacial score (nSPS) is 20.0. The zero-order valence-electron chi connectivity index (χ0n) is 13.8. The minimum absolute atomic E-state index is 0. The number of hydrogen-bond acceptors (Lipinski definition) is 4. The number of carbonyl (C=O) groups excluding carboxylic acids is 1. The number of nitrogens with one attached hydrogen (secondary N) is 2. The van der Waals surface area contributed by atoms with E-state index in [1.54, 1.807) is 12.1 Å². The third-order valence-corrected chi connectivity index (χ3v) is 4.21. The quantitative estimate of drug-likeness (QED) is 0.771. The van der Waals surface area contributed by atoms with Gasteiger partial charge in [-0.1, -0.05) is 11.6 Å². The fourth-order valence-corrected chi connectivity index (χ4v) is 2.79. The van der Waals surface area contributed by atoms with Gasteiger partial charge in [-0.3, -0.25) is 4.79 Å². The van der Waals surface area contributed by atoms with Gasteiger partial charge < -0.3 is 20.1 Å². The molecule has 24 heavy (non-hydrogen) atoms. The van der Waals surface area contributed by atoms with E-state index < -0.39 is 0 Å². The van der Waals surface area contributed by atoms with E-state index in [4.69, 9.17) is 9.47 Å². The molecule has 2 heterocycles. The molecule has 1 unspecified atom stereocenters. The summed E-state index contributed by atoms with van der Waals surface area (Å²) in [4.78, 5) is 12.2. The minimum atomic E-state index is -0.0462. The Kier molecular flexibility index (Phi) is 7.56. The number of benzene rings is 1. The largest absolute Gasteiger partial charge is 0.491 e. The molecule has 0 radical (unpaired) electrons. The second-order valence-electron chi connectivity index (χ2n) is 5.97. The molecule has 1 aromatic carbocycles. The SMILES string of the molecule is Cl.O=C(NCC1=CCNCC1)c1ccc(OCC2CCCO2)cc1. The molecule has 1 aromatic rings. The second kappa shape index (κ2) is 9.67. The molecular weight excluding hydrogens is 328 g/mol. The van der Waals surface area contributed by atoms with Crippen LogP contribution in [0.15, 0.2) is 35.9 Å². The molecule has 2 N–H and O–H groups in total. The van der Waals surface area contributed by atoms with E-state index >= 15 is 0 Å². The second-order valence-corrected chi connectivity index (χ2v) is 5.97. The molecule has 0 spiro atoms. The van der Waals surface area contributed by atoms with Crippen LogP contribution in [0, 0.1) is 0 Å². The van der Waals surface area contributed by atoms with Crippen molar-refractivity contribution in [3.05, 3.63) is 41.5 Å². The number of rotatable bonds is 6. The monoisotopic (exact) mass is 352 g/mol. The zero-order valence-corrected chi connectivity index (χ0v) is 14.6. The predicted octanol–water partition coefficient (Wildman–Crippen LogP) is 2.32. The van der Waals surface area contributed by atoms with Gasteiger partial charge >= 0.3 is 0 Å². The molecule has 1 saturated heterocycles. The molecule has 2 aliphatic rings. The van der Waals surface area contributed by atoms with Crippen molar-refractivity contribution in [2.24, 2.45) is 0 Å². The van der Waals surface area contributed by atoms with Gasteiger partial charge in [-0.2, -0.15) is 0 Å². The highest BCUT2D eigenvalue weighted by atomic mass is 35.5. The van der Waals surface area contributed by atoms with Crippen molar-refractivity contribution in [2.45, 2.75) is 25.4 Å². The molecule has 3 rings (SSSR count). The Labute approximate surface area is 149 Å². The third kappa shape index (κ3) is 5.51. The van der Waals surface area contributed by atoms with Gasteiger partial charge in [0.25, 0.3) is 5.91 Å². The maximum absolute atomic E-state index is 12.2. The van der Waals surface area contributed by atoms with E-state index in [1.165, 1.54) is 5.57 Å². The van der Waals surface area contributed by atoms with Crippen LogP contribution in [0.3, 0.4) is 0 Å². The first-order chi connectivity index (χ1) is 11.3. The Morgan fingerprint density at radius 1 is 1.33 bits per heavy atom. The fourth-order valence-electron chi connectivity index (χ4n) is 2.79. The van der Waals surface area contributed by atoms with E-state index in [0.717, 1.165) is 44.7 Å². The summed E-state index contributed by atoms with van der Waals surface area (Å²) in [5, 5.41) is 6.23. The lowest BCUT2D eigenvalue weighted by Crippen LogP contribution is -2.29. The minimum Gasteiger partial charge on any atom is -0.491 e. The highest BCUT2D eigenvalue weighted by Gasteiger charge is 2.16. The molecule has 1 fully saturated rings. The zero-order chi connectivity index (χ0) is 15.9. The van der Waals surface area contributed by atoms with Crippen LogP contribution >= 0.6 is 12.4 Å². The summed E-state index contributed by atoms with van der Waals surface area (Å²) in [6, 6.07) is 7.29. The average molecular weight is 353 g/mol. The van der Waals surface area contributed by atoms with Gasteiger partial charge in [0.05, 0.1) is 6.10 Å². The molecule has 0 aliphatic carbocycles. The van der Waals surface area contributed by atoms with Crippen molar-refractivity contribution < 1.29 is 14.3 Å². The van der Waals surface area contributed by atoms with Crippen molar-refractivity contribution in [2.75, 3.05) is 32.8 Å². The molecule has 2 aliphatic heterocycles. The van der Waals surface area contributed by atoms with E-state index in [0.29, 0.717) is 18.7 Å². The highest BCUT2D eigenvalue weighted by molar-refractivity contribution is 5.94. The Balaban J connectivity index is 0.00000208. The molecule has 5 nitrogen and oxygen atoms in total. The fraction of sp³-hybridized carbons (Fsp3) is 0.500. The van der Waals surface area contributed by atoms with Crippen LogP contribution in [0.5, 0.6) is 5.75 Å². The lowest BCUT2D eigenvalue weighted by molar-refractivity contribution is 0.0679. The van der Waals surface area contributed by atoms with Crippen LogP contribution in [0.25, 0.3) is 0 Å². The first-order valence-corrected chi connectivity index (χ1v) is 8.32. The highest BCUT2D eigenvalue weighted by Crippen LogP contribution is 2.16. The van der Waals surface area contributed by atoms with Crippen LogP contribution in [0.2, 0.25) is 0 Å². The number of hydrogen-bond donors (Lipinski definition) is 2. The van der Waals surface area contributed by atoms with Crippen LogP contribution in [-0.4, -0.2) is 44.9 Å². The van der Waals surface area contributed by atoms with Gasteiger partial charge in [0.1, 0.15) is 12.4 Å². The summed E-state index contributed by atoms with van der Waals surface area (Å²) < 4.78 is 11.2. The van der Waals surface area contributed by atoms with E-state index in [1.807, 2.05) is 12.1 Å². The topological polar surface area (TPSA) is 59.6 Å². The summed E-state index contributed by atoms with van der Waals surface area (Å²) in [6.07, 6.45) is 5.52. The van der Waals surface area contributed by atoms with Crippen molar-refractivity contribution in [1.29, 1.82) is 0 Å². The van der Waals surface area contributed by atoms with Gasteiger partial charge in [0.2, 0.25) is 0 Å². The van der Waals surface area contributed by atoms with E-state index in [2.05, 4.69) is 16.7 Å². The Hall–Kier alpha value is -1.56. The van der Waals surface area contributed by atoms with Crippen molar-refractivity contribution in [3.8, 4) is 5.75 Å². The first-order valence-electron chi connectivity index (χ1n) is 8.32. The Morgan fingerprint density at radius 3 is 2.83 bits per heavy atom. The van der Waals surface area contributed by atoms with Crippen LogP contribution in [-0.2, 0) is 4.74 Å². The molecule has 1 amide bonds. The summed E-state index contributed by atoms with van der Waals surface area (Å²) in [5.41, 5.74) is 1.94. The predicted molar refractivity (Wildman–Crippen MR) is 96.1 cm³/mol. The summed E-state index contributed by atoms with van der Waals surface area (Å²) in [7, 11) is 0. The Morgan fingerprint density at radius 2 is 2.17 bits per heavy atom. The molecule has 1 atom stereocenters. The third-order valence-electron chi connectivity index (χ3n) is 4.21. The first kappa shape index (κ1) is 18.8. The lowest BCUT2D eigenvalue weighted by Gasteiger charge is -2.15. The molecule has 0 aromatic heterocycles. The number of halogens is 1. The number of carbonyl (C=O) groups is 1. The molecule has 0 bridgehead atoms. The molecule has 0 saturated carbocycles. The standard InChI is InChI=1S/C18H24N2O3.ClH/c21-18(20-12-14-7-9-19-10-8-14)15-3-5-16(6-4-15)23-13-17-2-1-11-22-17;/h3-7,17,19H,1-2,8-13H2,(H,20,21);1H. The lowest BCUT2D eigenvalue weighted by atomic mass is 10.1. The van der Waals surface area contributed by atoms with Crippen molar-refractivity contribution in [1.82, 2.24) is 10.6 Å². The Bertz CT molecular complexity index is 554. The van der Waals surface area contributed by atoms with Crippen molar-refractivity contribution in [3.63, 3.8) is 0 Å². The van der Waals surface area contributed by atoms with Crippen molar-refractivity contribution >= 4 is 18.3 Å². The smallest absolute Gasteiger partial charge is 0.251 e. The van der Waals surface area contributed by atoms with E-state index in [-0.39, 0.29) is 24.4 Å². The van der Waals surface area contributed by atoms with Gasteiger partial charge in [-0.15, -0.1) is 12.4 Å². The summed E-state index contributed by atoms with van der Waals surface area (Å²) >= 11 is 0. The van der Waals surface area contributed by atoms with Gasteiger partial charge in [0.15, 0.2) is 0 Å². The summed E-state index contributed by atoms with van der Waals surface area (Å²) in [6.45, 7) is 3.91. The van der Waals surface area contributed by atoms with E-state index in [9.17, 15) is 4.79 Å². The molecule has 6 heteroatoms. The van der Waals surface area contributed by atoms with Gasteiger partial charge in [-0.25, -0.2) is 0 Å². The maximum Gasteiger partial charge on any atom is 0.251 e. The number of ether oxygens (including phenoxy) is 2.